The smallest absolute Gasteiger partial charge is 0.416 e. The Kier molecular flexibility index (Phi) is 8.99. The molecule has 0 spiro atoms. The van der Waals surface area contributed by atoms with E-state index in [9.17, 15) is 21.6 Å². The number of halogens is 3. The summed E-state index contributed by atoms with van der Waals surface area (Å²) < 4.78 is 74.6. The average Bonchev–Trinajstić information content (AvgIpc) is 2.92. The summed E-state index contributed by atoms with van der Waals surface area (Å²) in [5.41, 5.74) is 0.304. The molecule has 216 valence electrons. The van der Waals surface area contributed by atoms with Gasteiger partial charge in [-0.1, -0.05) is 25.1 Å². The summed E-state index contributed by atoms with van der Waals surface area (Å²) in [6.45, 7) is 5.79. The molecule has 2 heterocycles. The first-order chi connectivity index (χ1) is 18.9. The van der Waals surface area contributed by atoms with Crippen LogP contribution in [0.1, 0.15) is 62.3 Å². The van der Waals surface area contributed by atoms with Crippen LogP contribution in [0.4, 0.5) is 19.0 Å². The highest BCUT2D eigenvalue weighted by atomic mass is 32.2. The molecule has 1 saturated carbocycles. The van der Waals surface area contributed by atoms with Crippen LogP contribution < -0.4 is 9.46 Å². The van der Waals surface area contributed by atoms with Crippen molar-refractivity contribution in [3.05, 3.63) is 71.8 Å². The van der Waals surface area contributed by atoms with Gasteiger partial charge in [-0.15, -0.1) is 0 Å². The number of hydrogen-bond donors (Lipinski definition) is 1. The number of hydrogen-bond acceptors (Lipinski definition) is 7. The summed E-state index contributed by atoms with van der Waals surface area (Å²) >= 11 is 0. The Morgan fingerprint density at radius 2 is 1.95 bits per heavy atom. The molecule has 1 aliphatic rings. The van der Waals surface area contributed by atoms with Crippen molar-refractivity contribution < 1.29 is 26.3 Å². The van der Waals surface area contributed by atoms with Gasteiger partial charge in [0.1, 0.15) is 23.1 Å². The van der Waals surface area contributed by atoms with E-state index < -0.39 is 21.8 Å². The van der Waals surface area contributed by atoms with E-state index in [4.69, 9.17) is 4.74 Å². The fourth-order valence-corrected chi connectivity index (χ4v) is 6.33. The zero-order chi connectivity index (χ0) is 29.1. The molecule has 0 amide bonds. The molecule has 12 heteroatoms. The van der Waals surface area contributed by atoms with Gasteiger partial charge in [-0.05, 0) is 76.3 Å². The number of pyridine rings is 1. The summed E-state index contributed by atoms with van der Waals surface area (Å²) in [5.74, 6) is 0.389. The lowest BCUT2D eigenvalue weighted by Crippen LogP contribution is -2.50. The van der Waals surface area contributed by atoms with Crippen LogP contribution >= 0.6 is 0 Å². The average molecular weight is 578 g/mol. The third-order valence-corrected chi connectivity index (χ3v) is 9.13. The Balaban J connectivity index is 1.54. The molecule has 1 N–H and O–H groups in total. The zero-order valence-electron chi connectivity index (χ0n) is 22.9. The van der Waals surface area contributed by atoms with E-state index in [1.165, 1.54) is 42.9 Å². The molecule has 0 bridgehead atoms. The van der Waals surface area contributed by atoms with Gasteiger partial charge in [0, 0.05) is 24.3 Å². The normalized spacial score (nSPS) is 20.8. The number of benzene rings is 1. The topological polar surface area (TPSA) is 97.3 Å². The molecule has 0 aliphatic heterocycles. The van der Waals surface area contributed by atoms with Crippen molar-refractivity contribution >= 4 is 15.8 Å². The van der Waals surface area contributed by atoms with Crippen LogP contribution in [0.25, 0.3) is 0 Å². The van der Waals surface area contributed by atoms with E-state index in [2.05, 4.69) is 38.4 Å². The third kappa shape index (κ3) is 6.90. The van der Waals surface area contributed by atoms with Gasteiger partial charge in [-0.25, -0.2) is 23.4 Å². The molecule has 1 unspecified atom stereocenters. The van der Waals surface area contributed by atoms with Gasteiger partial charge in [0.25, 0.3) is 10.0 Å². The van der Waals surface area contributed by atoms with Crippen molar-refractivity contribution in [1.29, 1.82) is 0 Å². The number of sulfonamides is 1. The molecule has 1 aliphatic carbocycles. The monoisotopic (exact) mass is 577 g/mol. The lowest BCUT2D eigenvalue weighted by atomic mass is 9.78. The van der Waals surface area contributed by atoms with E-state index in [1.54, 1.807) is 13.0 Å². The zero-order valence-corrected chi connectivity index (χ0v) is 23.7. The molecule has 40 heavy (non-hydrogen) atoms. The van der Waals surface area contributed by atoms with Crippen LogP contribution in [0, 0.1) is 6.92 Å². The lowest BCUT2D eigenvalue weighted by Gasteiger charge is -2.43. The van der Waals surface area contributed by atoms with Crippen LogP contribution in [0.5, 0.6) is 5.88 Å². The second kappa shape index (κ2) is 12.1. The largest absolute Gasteiger partial charge is 0.473 e. The van der Waals surface area contributed by atoms with Gasteiger partial charge >= 0.3 is 6.18 Å². The number of aromatic nitrogens is 3. The minimum absolute atomic E-state index is 0.00000913. The summed E-state index contributed by atoms with van der Waals surface area (Å²) in [5, 5.41) is 0. The maximum absolute atomic E-state index is 13.4. The van der Waals surface area contributed by atoms with Crippen molar-refractivity contribution in [1.82, 2.24) is 19.9 Å². The number of anilines is 1. The fraction of sp³-hybridized carbons (Fsp3) is 0.464. The molecule has 3 aromatic rings. The Hall–Kier alpha value is -3.25. The molecular formula is C28H34F3N5O3S. The van der Waals surface area contributed by atoms with E-state index in [1.807, 2.05) is 7.05 Å². The van der Waals surface area contributed by atoms with E-state index in [0.717, 1.165) is 12.5 Å². The van der Waals surface area contributed by atoms with Crippen LogP contribution in [0.2, 0.25) is 0 Å². The van der Waals surface area contributed by atoms with E-state index in [-0.39, 0.29) is 40.5 Å². The van der Waals surface area contributed by atoms with Gasteiger partial charge < -0.3 is 4.74 Å². The summed E-state index contributed by atoms with van der Waals surface area (Å²) in [7, 11) is -1.92. The van der Waals surface area contributed by atoms with Gasteiger partial charge in [-0.2, -0.15) is 13.2 Å². The van der Waals surface area contributed by atoms with Crippen molar-refractivity contribution in [3.63, 3.8) is 0 Å². The maximum atomic E-state index is 13.4. The van der Waals surface area contributed by atoms with Gasteiger partial charge in [0.2, 0.25) is 5.88 Å². The van der Waals surface area contributed by atoms with Gasteiger partial charge in [-0.3, -0.25) is 9.62 Å². The first-order valence-electron chi connectivity index (χ1n) is 13.2. The quantitative estimate of drug-likeness (QED) is 0.343. The molecule has 2 aromatic heterocycles. The standard InChI is InChI=1S/C28H34F3N5O3S/c1-5-18(2)36(4)23-16-21(20-7-6-8-22(15-20)28(29,30)31)9-10-24(23)39-27-12-11-25(19(3)34-27)40(37,38)35-26-13-14-32-17-33-26/h6-8,11-15,17-18,21,23-24H,5,9-10,16H2,1-4H3,(H,32,33,35)/t18?,21-,23-,24-/m0/s1. The van der Waals surface area contributed by atoms with Crippen molar-refractivity contribution in [3.8, 4) is 5.88 Å². The number of aryl methyl sites for hydroxylation is 1. The van der Waals surface area contributed by atoms with Crippen LogP contribution in [-0.4, -0.2) is 53.5 Å². The predicted octanol–water partition coefficient (Wildman–Crippen LogP) is 5.81. The molecule has 8 nitrogen and oxygen atoms in total. The number of likely N-dealkylation sites (N-methyl/N-ethyl adjacent to an activating group) is 1. The highest BCUT2D eigenvalue weighted by Crippen LogP contribution is 2.39. The molecule has 1 aromatic carbocycles. The second-order valence-corrected chi connectivity index (χ2v) is 11.9. The van der Waals surface area contributed by atoms with E-state index >= 15 is 0 Å². The highest BCUT2D eigenvalue weighted by molar-refractivity contribution is 7.92. The van der Waals surface area contributed by atoms with Crippen molar-refractivity contribution in [2.45, 2.75) is 81.6 Å². The Morgan fingerprint density at radius 3 is 2.60 bits per heavy atom. The number of nitrogens with one attached hydrogen (secondary N) is 1. The van der Waals surface area contributed by atoms with Gasteiger partial charge in [0.15, 0.2) is 0 Å². The number of nitrogens with zero attached hydrogens (tertiary/aromatic N) is 4. The van der Waals surface area contributed by atoms with Gasteiger partial charge in [0.05, 0.1) is 11.3 Å². The maximum Gasteiger partial charge on any atom is 0.416 e. The van der Waals surface area contributed by atoms with Crippen molar-refractivity contribution in [2.75, 3.05) is 11.8 Å². The lowest BCUT2D eigenvalue weighted by molar-refractivity contribution is -0.137. The molecule has 1 fully saturated rings. The third-order valence-electron chi connectivity index (χ3n) is 7.64. The Bertz CT molecular complexity index is 1410. The number of alkyl halides is 3. The van der Waals surface area contributed by atoms with Crippen LogP contribution in [0.15, 0.2) is 59.9 Å². The number of ether oxygens (including phenoxy) is 1. The first-order valence-corrected chi connectivity index (χ1v) is 14.7. The predicted molar refractivity (Wildman–Crippen MR) is 146 cm³/mol. The summed E-state index contributed by atoms with van der Waals surface area (Å²) in [4.78, 5) is 14.3. The summed E-state index contributed by atoms with van der Waals surface area (Å²) in [6.07, 6.45) is 0.813. The molecular weight excluding hydrogens is 543 g/mol. The first kappa shape index (κ1) is 29.7. The molecule has 4 atom stereocenters. The summed E-state index contributed by atoms with van der Waals surface area (Å²) in [6, 6.07) is 10.2. The van der Waals surface area contributed by atoms with Crippen LogP contribution in [0.3, 0.4) is 0 Å². The Labute approximate surface area is 233 Å². The highest BCUT2D eigenvalue weighted by Gasteiger charge is 2.38. The molecule has 0 radical (unpaired) electrons. The SMILES string of the molecule is CCC(C)N(C)[C@H]1C[C@@H](c2cccc(C(F)(F)F)c2)CC[C@@H]1Oc1ccc(S(=O)(=O)Nc2ccncn2)c(C)n1. The molecule has 4 rings (SSSR count). The fourth-order valence-electron chi connectivity index (χ4n) is 5.15. The minimum atomic E-state index is -4.39. The van der Waals surface area contributed by atoms with Crippen LogP contribution in [-0.2, 0) is 16.2 Å². The number of rotatable bonds is 9. The van der Waals surface area contributed by atoms with Crippen molar-refractivity contribution in [2.24, 2.45) is 0 Å². The van der Waals surface area contributed by atoms with E-state index in [0.29, 0.717) is 30.7 Å². The Morgan fingerprint density at radius 1 is 1.18 bits per heavy atom. The minimum Gasteiger partial charge on any atom is -0.473 e. The second-order valence-electron chi connectivity index (χ2n) is 10.2. The molecule has 0 saturated heterocycles.